The van der Waals surface area contributed by atoms with Gasteiger partial charge in [0.25, 0.3) is 0 Å². The molecule has 4 nitrogen and oxygen atoms in total. The SMILES string of the molecule is C1=[N+](c2ccccc2)c2cc3c(cc2N(c2ccccc2)C1)=c1ccc(-n2c4ccccc4c4cc(-n5c6ccccc6c6ccccc65)ccc42)cc1=c1ccccc1=c1ccccc1=3. The second kappa shape index (κ2) is 14.4. The monoisotopic (exact) mass is 841 g/mol. The zero-order valence-electron chi connectivity index (χ0n) is 36.0. The van der Waals surface area contributed by atoms with E-state index in [9.17, 15) is 0 Å². The van der Waals surface area contributed by atoms with Crippen LogP contribution in [-0.2, 0) is 0 Å². The molecule has 12 aromatic rings. The summed E-state index contributed by atoms with van der Waals surface area (Å²) in [6.07, 6.45) is 2.32. The first-order valence-corrected chi connectivity index (χ1v) is 22.8. The summed E-state index contributed by atoms with van der Waals surface area (Å²) in [4.78, 5) is 2.45. The van der Waals surface area contributed by atoms with Gasteiger partial charge in [-0.2, -0.15) is 4.58 Å². The van der Waals surface area contributed by atoms with Gasteiger partial charge in [-0.05, 0) is 108 Å². The van der Waals surface area contributed by atoms with Crippen molar-refractivity contribution in [2.24, 2.45) is 0 Å². The van der Waals surface area contributed by atoms with E-state index in [1.165, 1.54) is 96.7 Å². The maximum absolute atomic E-state index is 2.47. The highest BCUT2D eigenvalue weighted by Crippen LogP contribution is 2.40. The predicted molar refractivity (Wildman–Crippen MR) is 273 cm³/mol. The molecule has 308 valence electrons. The fraction of sp³-hybridized carbons (Fsp3) is 0.0161. The number of fused-ring (bicyclic) bond motifs is 11. The highest BCUT2D eigenvalue weighted by atomic mass is 15.2. The van der Waals surface area contributed by atoms with Gasteiger partial charge in [0, 0.05) is 56.8 Å². The third-order valence-corrected chi connectivity index (χ3v) is 14.0. The summed E-state index contributed by atoms with van der Waals surface area (Å²) in [5.41, 5.74) is 11.7. The van der Waals surface area contributed by atoms with E-state index >= 15 is 0 Å². The first kappa shape index (κ1) is 36.7. The number of aromatic nitrogens is 2. The van der Waals surface area contributed by atoms with Crippen molar-refractivity contribution in [3.8, 4) is 11.4 Å². The van der Waals surface area contributed by atoms with E-state index in [4.69, 9.17) is 0 Å². The Kier molecular flexibility index (Phi) is 8.01. The molecule has 2 aromatic heterocycles. The third kappa shape index (κ3) is 5.42. The maximum Gasteiger partial charge on any atom is 0.235 e. The van der Waals surface area contributed by atoms with Gasteiger partial charge >= 0.3 is 0 Å². The molecular weight excluding hydrogens is 801 g/mol. The van der Waals surface area contributed by atoms with Gasteiger partial charge in [0.05, 0.1) is 22.1 Å². The van der Waals surface area contributed by atoms with Crippen molar-refractivity contribution in [3.05, 3.63) is 272 Å². The van der Waals surface area contributed by atoms with E-state index in [1.54, 1.807) is 0 Å². The second-order valence-corrected chi connectivity index (χ2v) is 17.5. The standard InChI is InChI=1S/C62H41N4/c1-3-17-41(18-4-1)63-35-36-64(42-19-5-2-6-20-42)62-40-55-49-33-31-43(37-53(49)47-23-9-7-21-45(47)46-22-8-10-24-48(46)54(55)39-61(62)63)66-59-30-16-13-27-52(59)56-38-44(32-34-60(56)66)65-57-28-14-11-25-50(57)51-26-12-15-29-58(51)65/h1-35,37-40H,36H2/q+1. The number of hydrogen-bond acceptors (Lipinski definition) is 1. The second-order valence-electron chi connectivity index (χ2n) is 17.5. The predicted octanol–water partition coefficient (Wildman–Crippen LogP) is 14.4. The average molecular weight is 842 g/mol. The van der Waals surface area contributed by atoms with Gasteiger partial charge in [-0.15, -0.1) is 0 Å². The number of anilines is 2. The molecule has 3 heterocycles. The van der Waals surface area contributed by atoms with Crippen LogP contribution in [0.15, 0.2) is 231 Å². The molecule has 0 N–H and O–H groups in total. The lowest BCUT2D eigenvalue weighted by Crippen LogP contribution is -2.29. The van der Waals surface area contributed by atoms with Crippen LogP contribution in [0.25, 0.3) is 55.0 Å². The van der Waals surface area contributed by atoms with Crippen molar-refractivity contribution in [1.29, 1.82) is 0 Å². The Labute approximate surface area is 379 Å². The highest BCUT2D eigenvalue weighted by molar-refractivity contribution is 6.12. The average Bonchev–Trinajstić information content (AvgIpc) is 3.90. The molecule has 0 fully saturated rings. The van der Waals surface area contributed by atoms with Crippen molar-refractivity contribution in [2.75, 3.05) is 11.4 Å². The smallest absolute Gasteiger partial charge is 0.235 e. The van der Waals surface area contributed by atoms with Gasteiger partial charge in [-0.1, -0.05) is 146 Å². The van der Waals surface area contributed by atoms with Gasteiger partial charge in [0.1, 0.15) is 12.2 Å². The fourth-order valence-corrected chi connectivity index (χ4v) is 11.1. The van der Waals surface area contributed by atoms with E-state index in [1.807, 2.05) is 0 Å². The molecular formula is C62H41N4+. The van der Waals surface area contributed by atoms with Crippen LogP contribution in [0.2, 0.25) is 0 Å². The zero-order valence-corrected chi connectivity index (χ0v) is 36.0. The Morgan fingerprint density at radius 1 is 0.303 bits per heavy atom. The molecule has 66 heavy (non-hydrogen) atoms. The van der Waals surface area contributed by atoms with E-state index in [0.717, 1.165) is 29.3 Å². The van der Waals surface area contributed by atoms with E-state index in [2.05, 4.69) is 255 Å². The van der Waals surface area contributed by atoms with Crippen LogP contribution in [-0.4, -0.2) is 21.9 Å². The summed E-state index contributed by atoms with van der Waals surface area (Å²) in [5, 5.41) is 14.7. The Morgan fingerprint density at radius 3 is 1.36 bits per heavy atom. The minimum Gasteiger partial charge on any atom is -0.326 e. The lowest BCUT2D eigenvalue weighted by atomic mass is 9.99. The molecule has 0 atom stereocenters. The number of hydrogen-bond donors (Lipinski definition) is 0. The summed E-state index contributed by atoms with van der Waals surface area (Å²) in [7, 11) is 0. The van der Waals surface area contributed by atoms with Crippen LogP contribution >= 0.6 is 0 Å². The third-order valence-electron chi connectivity index (χ3n) is 14.0. The lowest BCUT2D eigenvalue weighted by Gasteiger charge is -2.27. The summed E-state index contributed by atoms with van der Waals surface area (Å²) < 4.78 is 7.26. The first-order valence-electron chi connectivity index (χ1n) is 22.8. The van der Waals surface area contributed by atoms with Gasteiger partial charge in [-0.25, -0.2) is 0 Å². The number of para-hydroxylation sites is 5. The molecule has 1 aliphatic heterocycles. The summed E-state index contributed by atoms with van der Waals surface area (Å²) in [6.45, 7) is 0.738. The molecule has 0 saturated carbocycles. The van der Waals surface area contributed by atoms with Crippen LogP contribution in [0.5, 0.6) is 0 Å². The van der Waals surface area contributed by atoms with Crippen molar-refractivity contribution in [2.45, 2.75) is 0 Å². The number of rotatable bonds is 4. The summed E-state index contributed by atoms with van der Waals surface area (Å²) >= 11 is 0. The fourth-order valence-electron chi connectivity index (χ4n) is 11.1. The molecule has 0 spiro atoms. The Balaban J connectivity index is 1.09. The van der Waals surface area contributed by atoms with Gasteiger partial charge in [0.2, 0.25) is 11.4 Å². The Hall–Kier alpha value is -8.73. The highest BCUT2D eigenvalue weighted by Gasteiger charge is 2.28. The van der Waals surface area contributed by atoms with Crippen LogP contribution in [0.1, 0.15) is 0 Å². The molecule has 0 unspecified atom stereocenters. The quantitative estimate of drug-likeness (QED) is 0.161. The van der Waals surface area contributed by atoms with Crippen molar-refractivity contribution >= 4 is 72.6 Å². The van der Waals surface area contributed by atoms with Crippen molar-refractivity contribution in [3.63, 3.8) is 0 Å². The van der Waals surface area contributed by atoms with Crippen LogP contribution in [0.4, 0.5) is 22.7 Å². The molecule has 0 saturated heterocycles. The molecule has 4 heteroatoms. The number of benzene rings is 10. The summed E-state index contributed by atoms with van der Waals surface area (Å²) in [6, 6.07) is 85.0. The molecule has 14 rings (SSSR count). The molecule has 0 bridgehead atoms. The topological polar surface area (TPSA) is 16.1 Å². The zero-order chi connectivity index (χ0) is 43.3. The van der Waals surface area contributed by atoms with E-state index in [0.29, 0.717) is 0 Å². The summed E-state index contributed by atoms with van der Waals surface area (Å²) in [5.74, 6) is 0. The Morgan fingerprint density at radius 2 is 0.742 bits per heavy atom. The molecule has 1 aliphatic carbocycles. The van der Waals surface area contributed by atoms with Gasteiger partial charge in [0.15, 0.2) is 6.21 Å². The minimum absolute atomic E-state index is 0.738. The Bertz CT molecular complexity index is 4380. The van der Waals surface area contributed by atoms with Crippen LogP contribution in [0, 0.1) is 41.7 Å². The van der Waals surface area contributed by atoms with E-state index < -0.39 is 0 Å². The van der Waals surface area contributed by atoms with Crippen molar-refractivity contribution in [1.82, 2.24) is 13.7 Å². The molecule has 0 amide bonds. The minimum atomic E-state index is 0.738. The van der Waals surface area contributed by atoms with E-state index in [-0.39, 0.29) is 0 Å². The normalized spacial score (nSPS) is 12.8. The largest absolute Gasteiger partial charge is 0.326 e. The van der Waals surface area contributed by atoms with Crippen molar-refractivity contribution < 1.29 is 0 Å². The lowest BCUT2D eigenvalue weighted by molar-refractivity contribution is 0.994. The van der Waals surface area contributed by atoms with Crippen LogP contribution in [0.3, 0.4) is 0 Å². The number of nitrogens with zero attached hydrogens (tertiary/aromatic N) is 4. The molecule has 2 aliphatic rings. The first-order chi connectivity index (χ1) is 32.8. The van der Waals surface area contributed by atoms with Crippen LogP contribution < -0.4 is 9.48 Å². The molecule has 10 aromatic carbocycles. The van der Waals surface area contributed by atoms with Gasteiger partial charge in [-0.3, -0.25) is 0 Å². The maximum atomic E-state index is 2.47. The molecule has 0 radical (unpaired) electrons. The van der Waals surface area contributed by atoms with Gasteiger partial charge < -0.3 is 14.0 Å².